The Kier molecular flexibility index (Phi) is 5.52. The third-order valence-corrected chi connectivity index (χ3v) is 3.84. The standard InChI is InChI=1S/C17H18F3NO4/c1-11(8-13-9-14(22)21-13)10-25-15(23)16(24-2,17(18,19)20)12-6-4-3-5-7-12/h3-8,13H,9-10H2,1-2H3,(H,21,22)/b11-8+/t13-,16-/m1/s1. The first-order valence-corrected chi connectivity index (χ1v) is 7.52. The number of carbonyl (C=O) groups excluding carboxylic acids is 2. The second-order valence-electron chi connectivity index (χ2n) is 5.72. The molecule has 0 radical (unpaired) electrons. The minimum absolute atomic E-state index is 0.106. The molecule has 0 aliphatic carbocycles. The first kappa shape index (κ1) is 19.0. The minimum Gasteiger partial charge on any atom is -0.459 e. The molecule has 1 heterocycles. The first-order chi connectivity index (χ1) is 11.7. The monoisotopic (exact) mass is 357 g/mol. The Balaban J connectivity index is 2.17. The molecule has 0 spiro atoms. The largest absolute Gasteiger partial charge is 0.459 e. The molecule has 1 N–H and O–H groups in total. The average Bonchev–Trinajstić information content (AvgIpc) is 2.52. The van der Waals surface area contributed by atoms with Crippen LogP contribution >= 0.6 is 0 Å². The maximum Gasteiger partial charge on any atom is 0.432 e. The number of nitrogens with one attached hydrogen (secondary N) is 1. The number of β-lactam (4-membered cyclic amide) rings is 1. The number of carbonyl (C=O) groups is 2. The van der Waals surface area contributed by atoms with Gasteiger partial charge in [-0.3, -0.25) is 4.79 Å². The fraction of sp³-hybridized carbons (Fsp3) is 0.412. The van der Waals surface area contributed by atoms with Crippen LogP contribution in [0.25, 0.3) is 0 Å². The summed E-state index contributed by atoms with van der Waals surface area (Å²) < 4.78 is 50.5. The van der Waals surface area contributed by atoms with Crippen LogP contribution in [0.3, 0.4) is 0 Å². The molecule has 0 saturated carbocycles. The van der Waals surface area contributed by atoms with Crippen molar-refractivity contribution < 1.29 is 32.2 Å². The molecule has 5 nitrogen and oxygen atoms in total. The molecule has 0 bridgehead atoms. The van der Waals surface area contributed by atoms with Gasteiger partial charge in [-0.15, -0.1) is 0 Å². The average molecular weight is 357 g/mol. The maximum absolute atomic E-state index is 13.7. The van der Waals surface area contributed by atoms with Crippen molar-refractivity contribution in [3.05, 3.63) is 47.5 Å². The van der Waals surface area contributed by atoms with Gasteiger partial charge in [0, 0.05) is 12.7 Å². The van der Waals surface area contributed by atoms with E-state index in [2.05, 4.69) is 10.1 Å². The second kappa shape index (κ2) is 7.26. The van der Waals surface area contributed by atoms with Crippen molar-refractivity contribution in [3.8, 4) is 0 Å². The summed E-state index contributed by atoms with van der Waals surface area (Å²) in [7, 11) is 0.814. The SMILES string of the molecule is CO[C@@](C(=O)OC/C(C)=C/[C@@H]1CC(=O)N1)(c1ccccc1)C(F)(F)F. The topological polar surface area (TPSA) is 64.6 Å². The number of esters is 1. The molecule has 1 saturated heterocycles. The van der Waals surface area contributed by atoms with E-state index in [0.29, 0.717) is 12.0 Å². The number of halogens is 3. The number of rotatable bonds is 6. The van der Waals surface area contributed by atoms with E-state index < -0.39 is 17.7 Å². The molecule has 0 aromatic heterocycles. The van der Waals surface area contributed by atoms with E-state index in [9.17, 15) is 22.8 Å². The van der Waals surface area contributed by atoms with E-state index in [4.69, 9.17) is 4.74 Å². The number of amides is 1. The molecule has 25 heavy (non-hydrogen) atoms. The van der Waals surface area contributed by atoms with Crippen molar-refractivity contribution in [2.75, 3.05) is 13.7 Å². The van der Waals surface area contributed by atoms with Crippen molar-refractivity contribution in [1.82, 2.24) is 5.32 Å². The van der Waals surface area contributed by atoms with Gasteiger partial charge in [0.2, 0.25) is 5.91 Å². The Labute approximate surface area is 142 Å². The molecular weight excluding hydrogens is 339 g/mol. The number of benzene rings is 1. The van der Waals surface area contributed by atoms with Gasteiger partial charge in [-0.05, 0) is 12.5 Å². The van der Waals surface area contributed by atoms with E-state index in [-0.39, 0.29) is 24.1 Å². The third-order valence-electron chi connectivity index (χ3n) is 3.84. The fourth-order valence-corrected chi connectivity index (χ4v) is 2.55. The molecule has 2 atom stereocenters. The molecular formula is C17H18F3NO4. The highest BCUT2D eigenvalue weighted by molar-refractivity contribution is 5.84. The van der Waals surface area contributed by atoms with Crippen molar-refractivity contribution in [2.45, 2.75) is 31.2 Å². The van der Waals surface area contributed by atoms with Crippen LogP contribution < -0.4 is 5.32 Å². The predicted molar refractivity (Wildman–Crippen MR) is 82.4 cm³/mol. The molecule has 1 fully saturated rings. The van der Waals surface area contributed by atoms with Crippen LogP contribution in [-0.2, 0) is 24.7 Å². The van der Waals surface area contributed by atoms with Crippen LogP contribution in [0.4, 0.5) is 13.2 Å². The molecule has 0 unspecified atom stereocenters. The van der Waals surface area contributed by atoms with Gasteiger partial charge < -0.3 is 14.8 Å². The molecule has 8 heteroatoms. The molecule has 136 valence electrons. The zero-order valence-electron chi connectivity index (χ0n) is 13.7. The van der Waals surface area contributed by atoms with Crippen LogP contribution in [0, 0.1) is 0 Å². The minimum atomic E-state index is -5.00. The van der Waals surface area contributed by atoms with Crippen LogP contribution in [0.15, 0.2) is 42.0 Å². The quantitative estimate of drug-likeness (QED) is 0.483. The Morgan fingerprint density at radius 3 is 2.40 bits per heavy atom. The zero-order chi connectivity index (χ0) is 18.7. The predicted octanol–water partition coefficient (Wildman–Crippen LogP) is 2.47. The van der Waals surface area contributed by atoms with Gasteiger partial charge in [-0.2, -0.15) is 13.2 Å². The van der Waals surface area contributed by atoms with Gasteiger partial charge in [-0.1, -0.05) is 36.4 Å². The summed E-state index contributed by atoms with van der Waals surface area (Å²) in [5.41, 5.74) is -3.03. The smallest absolute Gasteiger partial charge is 0.432 e. The van der Waals surface area contributed by atoms with Gasteiger partial charge in [0.1, 0.15) is 6.61 Å². The van der Waals surface area contributed by atoms with Gasteiger partial charge in [0.25, 0.3) is 5.60 Å². The Hall–Kier alpha value is -2.35. The van der Waals surface area contributed by atoms with E-state index in [0.717, 1.165) is 19.2 Å². The first-order valence-electron chi connectivity index (χ1n) is 7.52. The lowest BCUT2D eigenvalue weighted by Gasteiger charge is -2.32. The number of methoxy groups -OCH3 is 1. The van der Waals surface area contributed by atoms with E-state index >= 15 is 0 Å². The van der Waals surface area contributed by atoms with Crippen LogP contribution in [0.5, 0.6) is 0 Å². The van der Waals surface area contributed by atoms with Gasteiger partial charge in [0.15, 0.2) is 0 Å². The zero-order valence-corrected chi connectivity index (χ0v) is 13.7. The summed E-state index contributed by atoms with van der Waals surface area (Å²) in [6.45, 7) is 1.27. The Morgan fingerprint density at radius 2 is 1.92 bits per heavy atom. The normalized spacial score (nSPS) is 20.3. The van der Waals surface area contributed by atoms with E-state index in [1.807, 2.05) is 0 Å². The lowest BCUT2D eigenvalue weighted by molar-refractivity contribution is -0.276. The molecule has 1 aliphatic heterocycles. The van der Waals surface area contributed by atoms with Crippen molar-refractivity contribution in [3.63, 3.8) is 0 Å². The molecule has 2 rings (SSSR count). The lowest BCUT2D eigenvalue weighted by atomic mass is 9.92. The van der Waals surface area contributed by atoms with Gasteiger partial charge >= 0.3 is 12.1 Å². The van der Waals surface area contributed by atoms with Crippen LogP contribution in [0.1, 0.15) is 18.9 Å². The van der Waals surface area contributed by atoms with Crippen molar-refractivity contribution >= 4 is 11.9 Å². The van der Waals surface area contributed by atoms with Gasteiger partial charge in [-0.25, -0.2) is 4.79 Å². The number of hydrogen-bond acceptors (Lipinski definition) is 4. The molecule has 1 aromatic carbocycles. The number of alkyl halides is 3. The van der Waals surface area contributed by atoms with Crippen molar-refractivity contribution in [1.29, 1.82) is 0 Å². The summed E-state index contributed by atoms with van der Waals surface area (Å²) >= 11 is 0. The highest BCUT2D eigenvalue weighted by Gasteiger charge is 2.64. The maximum atomic E-state index is 13.7. The summed E-state index contributed by atoms with van der Waals surface area (Å²) in [5, 5.41) is 2.59. The Morgan fingerprint density at radius 1 is 1.32 bits per heavy atom. The highest BCUT2D eigenvalue weighted by Crippen LogP contribution is 2.43. The van der Waals surface area contributed by atoms with E-state index in [1.165, 1.54) is 18.2 Å². The molecule has 1 amide bonds. The highest BCUT2D eigenvalue weighted by atomic mass is 19.4. The summed E-state index contributed by atoms with van der Waals surface area (Å²) in [6, 6.07) is 6.43. The summed E-state index contributed by atoms with van der Waals surface area (Å²) in [5.74, 6) is -1.65. The summed E-state index contributed by atoms with van der Waals surface area (Å²) in [6.07, 6.45) is -3.06. The lowest BCUT2D eigenvalue weighted by Crippen LogP contribution is -2.51. The summed E-state index contributed by atoms with van der Waals surface area (Å²) in [4.78, 5) is 23.1. The third kappa shape index (κ3) is 3.84. The van der Waals surface area contributed by atoms with Crippen LogP contribution in [0.2, 0.25) is 0 Å². The van der Waals surface area contributed by atoms with E-state index in [1.54, 1.807) is 13.0 Å². The molecule has 1 aliphatic rings. The number of ether oxygens (including phenoxy) is 2. The van der Waals surface area contributed by atoms with Gasteiger partial charge in [0.05, 0.1) is 12.5 Å². The van der Waals surface area contributed by atoms with Crippen molar-refractivity contribution in [2.24, 2.45) is 0 Å². The van der Waals surface area contributed by atoms with Crippen LogP contribution in [-0.4, -0.2) is 37.8 Å². The Bertz CT molecular complexity index is 664. The molecule has 1 aromatic rings. The number of hydrogen-bond donors (Lipinski definition) is 1. The fourth-order valence-electron chi connectivity index (χ4n) is 2.55. The second-order valence-corrected chi connectivity index (χ2v) is 5.72.